The molecule has 0 saturated heterocycles. The Morgan fingerprint density at radius 3 is 2.57 bits per heavy atom. The zero-order valence-electron chi connectivity index (χ0n) is 19.2. The number of pyridine rings is 1. The maximum absolute atomic E-state index is 14.0. The first-order chi connectivity index (χ1) is 16.5. The smallest absolute Gasteiger partial charge is 0.274 e. The lowest BCUT2D eigenvalue weighted by molar-refractivity contribution is 0.0674. The Labute approximate surface area is 199 Å². The van der Waals surface area contributed by atoms with Crippen LogP contribution in [0.1, 0.15) is 57.5 Å². The number of amides is 2. The minimum Gasteiger partial charge on any atom is -0.491 e. The van der Waals surface area contributed by atoms with E-state index in [1.165, 1.54) is 16.6 Å². The molecule has 2 aliphatic heterocycles. The van der Waals surface area contributed by atoms with Gasteiger partial charge in [-0.15, -0.1) is 0 Å². The Kier molecular flexibility index (Phi) is 6.40. The van der Waals surface area contributed by atoms with Gasteiger partial charge in [0.1, 0.15) is 17.2 Å². The van der Waals surface area contributed by atoms with E-state index in [9.17, 15) is 31.6 Å². The molecule has 35 heavy (non-hydrogen) atoms. The van der Waals surface area contributed by atoms with E-state index in [0.29, 0.717) is 12.6 Å². The molecule has 13 heteroatoms. The Morgan fingerprint density at radius 2 is 1.97 bits per heavy atom. The molecule has 2 amide bonds. The number of rotatable bonds is 7. The second-order valence-corrected chi connectivity index (χ2v) is 10.2. The Morgan fingerprint density at radius 1 is 1.26 bits per heavy atom. The summed E-state index contributed by atoms with van der Waals surface area (Å²) in [6.45, 7) is 2.03. The van der Waals surface area contributed by atoms with Crippen LogP contribution >= 0.6 is 0 Å². The van der Waals surface area contributed by atoms with E-state index in [1.807, 2.05) is 0 Å². The van der Waals surface area contributed by atoms with Gasteiger partial charge in [-0.3, -0.25) is 14.4 Å². The quantitative estimate of drug-likeness (QED) is 0.574. The lowest BCUT2D eigenvalue weighted by Crippen LogP contribution is -2.45. The molecular weight excluding hydrogens is 486 g/mol. The number of nitrogens with zero attached hydrogens (tertiary/aromatic N) is 2. The van der Waals surface area contributed by atoms with Gasteiger partial charge in [0, 0.05) is 31.3 Å². The number of benzene rings is 1. The second-order valence-electron chi connectivity index (χ2n) is 8.44. The molecule has 3 heterocycles. The number of likely N-dealkylation sites (N-methyl/N-ethyl adjacent to an activating group) is 1. The monoisotopic (exact) mass is 510 g/mol. The lowest BCUT2D eigenvalue weighted by atomic mass is 10.0. The molecule has 0 unspecified atom stereocenters. The van der Waals surface area contributed by atoms with E-state index in [2.05, 4.69) is 10.0 Å². The predicted octanol–water partition coefficient (Wildman–Crippen LogP) is 1.08. The number of carbonyl (C=O) groups is 2. The minimum absolute atomic E-state index is 0.0151. The highest BCUT2D eigenvalue weighted by Crippen LogP contribution is 2.42. The van der Waals surface area contributed by atoms with Crippen LogP contribution in [0.15, 0.2) is 23.0 Å². The molecule has 0 radical (unpaired) electrons. The number of halogens is 2. The molecule has 2 aliphatic rings. The second kappa shape index (κ2) is 9.04. The van der Waals surface area contributed by atoms with E-state index in [-0.39, 0.29) is 42.2 Å². The highest BCUT2D eigenvalue weighted by molar-refractivity contribution is 7.88. The van der Waals surface area contributed by atoms with Gasteiger partial charge in [-0.25, -0.2) is 21.9 Å². The largest absolute Gasteiger partial charge is 0.491 e. The normalized spacial score (nSPS) is 19.0. The third kappa shape index (κ3) is 4.41. The number of aromatic nitrogens is 1. The number of hydrogen-bond donors (Lipinski definition) is 2. The van der Waals surface area contributed by atoms with Crippen molar-refractivity contribution in [2.24, 2.45) is 0 Å². The molecule has 2 aromatic rings. The van der Waals surface area contributed by atoms with Crippen molar-refractivity contribution in [2.75, 3.05) is 26.5 Å². The van der Waals surface area contributed by atoms with Crippen LogP contribution in [0.3, 0.4) is 0 Å². The van der Waals surface area contributed by atoms with Gasteiger partial charge < -0.3 is 19.5 Å². The van der Waals surface area contributed by atoms with E-state index in [0.717, 1.165) is 18.4 Å². The van der Waals surface area contributed by atoms with Crippen LogP contribution in [0.5, 0.6) is 5.75 Å². The topological polar surface area (TPSA) is 127 Å². The Balaban J connectivity index is 1.85. The SMILES string of the molecule is CCN1C[C@H]2C[C@H](NS(C)(=O)=O)c3c(C(=O)NCc4ccc(F)cc4F)c(=O)c(OC)c(n32)C1=O. The first kappa shape index (κ1) is 24.8. The summed E-state index contributed by atoms with van der Waals surface area (Å²) in [6, 6.07) is 1.49. The number of hydrogen-bond acceptors (Lipinski definition) is 6. The highest BCUT2D eigenvalue weighted by atomic mass is 32.2. The molecular formula is C22H24F2N4O6S. The van der Waals surface area contributed by atoms with Crippen molar-refractivity contribution in [2.45, 2.75) is 32.0 Å². The molecule has 4 rings (SSSR count). The molecule has 2 N–H and O–H groups in total. The summed E-state index contributed by atoms with van der Waals surface area (Å²) in [5.41, 5.74) is -1.32. The van der Waals surface area contributed by atoms with Gasteiger partial charge >= 0.3 is 0 Å². The van der Waals surface area contributed by atoms with Gasteiger partial charge in [0.2, 0.25) is 15.5 Å². The zero-order valence-corrected chi connectivity index (χ0v) is 20.0. The molecule has 0 bridgehead atoms. The van der Waals surface area contributed by atoms with Gasteiger partial charge in [-0.05, 0) is 19.4 Å². The molecule has 2 atom stereocenters. The first-order valence-corrected chi connectivity index (χ1v) is 12.7. The van der Waals surface area contributed by atoms with Crippen molar-refractivity contribution in [3.63, 3.8) is 0 Å². The summed E-state index contributed by atoms with van der Waals surface area (Å²) in [5, 5.41) is 2.44. The molecule has 1 aromatic carbocycles. The molecule has 188 valence electrons. The number of ether oxygens (including phenoxy) is 1. The van der Waals surface area contributed by atoms with Crippen LogP contribution in [-0.2, 0) is 16.6 Å². The predicted molar refractivity (Wildman–Crippen MR) is 121 cm³/mol. The molecule has 0 spiro atoms. The van der Waals surface area contributed by atoms with Gasteiger partial charge in [-0.1, -0.05) is 6.07 Å². The summed E-state index contributed by atoms with van der Waals surface area (Å²) in [5.74, 6) is -3.38. The van der Waals surface area contributed by atoms with E-state index < -0.39 is 56.5 Å². The van der Waals surface area contributed by atoms with Crippen LogP contribution in [0, 0.1) is 11.6 Å². The Hall–Kier alpha value is -3.32. The minimum atomic E-state index is -3.75. The maximum Gasteiger partial charge on any atom is 0.274 e. The van der Waals surface area contributed by atoms with Crippen molar-refractivity contribution in [3.8, 4) is 5.75 Å². The summed E-state index contributed by atoms with van der Waals surface area (Å²) >= 11 is 0. The van der Waals surface area contributed by atoms with Crippen LogP contribution in [-0.4, -0.2) is 56.2 Å². The van der Waals surface area contributed by atoms with Crippen LogP contribution in [0.2, 0.25) is 0 Å². The fourth-order valence-corrected chi connectivity index (χ4v) is 5.44. The fourth-order valence-electron chi connectivity index (χ4n) is 4.71. The summed E-state index contributed by atoms with van der Waals surface area (Å²) in [6.07, 6.45) is 1.15. The van der Waals surface area contributed by atoms with E-state index in [4.69, 9.17) is 4.74 Å². The van der Waals surface area contributed by atoms with Gasteiger partial charge in [0.05, 0.1) is 31.1 Å². The third-order valence-electron chi connectivity index (χ3n) is 6.15. The average Bonchev–Trinajstić information content (AvgIpc) is 3.11. The fraction of sp³-hybridized carbons (Fsp3) is 0.409. The van der Waals surface area contributed by atoms with Crippen molar-refractivity contribution in [1.82, 2.24) is 19.5 Å². The van der Waals surface area contributed by atoms with Crippen molar-refractivity contribution in [1.29, 1.82) is 0 Å². The summed E-state index contributed by atoms with van der Waals surface area (Å²) in [4.78, 5) is 41.3. The first-order valence-electron chi connectivity index (χ1n) is 10.8. The lowest BCUT2D eigenvalue weighted by Gasteiger charge is -2.34. The van der Waals surface area contributed by atoms with E-state index >= 15 is 0 Å². The zero-order chi connectivity index (χ0) is 25.7. The molecule has 0 saturated carbocycles. The molecule has 10 nitrogen and oxygen atoms in total. The van der Waals surface area contributed by atoms with Crippen molar-refractivity contribution in [3.05, 3.63) is 62.6 Å². The molecule has 0 fully saturated rings. The molecule has 0 aliphatic carbocycles. The van der Waals surface area contributed by atoms with Gasteiger partial charge in [0.25, 0.3) is 11.8 Å². The van der Waals surface area contributed by atoms with Crippen molar-refractivity contribution < 1.29 is 31.5 Å². The Bertz CT molecular complexity index is 1390. The number of nitrogens with one attached hydrogen (secondary N) is 2. The van der Waals surface area contributed by atoms with Crippen LogP contribution in [0.4, 0.5) is 8.78 Å². The van der Waals surface area contributed by atoms with Crippen molar-refractivity contribution >= 4 is 21.8 Å². The number of sulfonamides is 1. The third-order valence-corrected chi connectivity index (χ3v) is 6.87. The van der Waals surface area contributed by atoms with Crippen LogP contribution in [0.25, 0.3) is 0 Å². The van der Waals surface area contributed by atoms with Gasteiger partial charge in [0.15, 0.2) is 11.4 Å². The maximum atomic E-state index is 14.0. The summed E-state index contributed by atoms with van der Waals surface area (Å²) in [7, 11) is -2.56. The average molecular weight is 511 g/mol. The van der Waals surface area contributed by atoms with E-state index in [1.54, 1.807) is 6.92 Å². The van der Waals surface area contributed by atoms with Gasteiger partial charge in [-0.2, -0.15) is 0 Å². The number of methoxy groups -OCH3 is 1. The standard InChI is InChI=1S/C22H24F2N4O6S/c1-4-27-10-13-8-15(26-35(3,32)33)17-16(19(29)20(34-2)18(22(27)31)28(13)17)21(30)25-9-11-5-6-12(23)7-14(11)24/h5-7,13,15,26H,4,8-10H2,1-3H3,(H,25,30)/t13-,15+/m1/s1. The van der Waals surface area contributed by atoms with Crippen LogP contribution < -0.4 is 20.2 Å². The summed E-state index contributed by atoms with van der Waals surface area (Å²) < 4.78 is 60.6. The highest BCUT2D eigenvalue weighted by Gasteiger charge is 2.45. The number of carbonyl (C=O) groups excluding carboxylic acids is 2. The molecule has 1 aromatic heterocycles.